The average Bonchev–Trinajstić information content (AvgIpc) is 2.85. The van der Waals surface area contributed by atoms with Crippen LogP contribution in [0, 0.1) is 0 Å². The molecular formula is C26H35N5O6. The Labute approximate surface area is 216 Å². The van der Waals surface area contributed by atoms with Crippen LogP contribution in [0.15, 0.2) is 54.6 Å². The van der Waals surface area contributed by atoms with E-state index < -0.39 is 41.5 Å². The van der Waals surface area contributed by atoms with Gasteiger partial charge in [-0.3, -0.25) is 19.8 Å². The molecule has 0 spiro atoms. The Balaban J connectivity index is 2.05. The number of nitrogens with one attached hydrogen (secondary N) is 4. The van der Waals surface area contributed by atoms with Crippen LogP contribution in [-0.4, -0.2) is 48.0 Å². The van der Waals surface area contributed by atoms with Crippen molar-refractivity contribution in [2.24, 2.45) is 5.84 Å². The monoisotopic (exact) mass is 513 g/mol. The van der Waals surface area contributed by atoms with E-state index in [4.69, 9.17) is 15.3 Å². The number of benzene rings is 2. The molecule has 0 heterocycles. The number of carbonyl (C=O) groups excluding carboxylic acids is 4. The summed E-state index contributed by atoms with van der Waals surface area (Å²) in [5.74, 6) is 3.87. The SMILES string of the molecule is C[C@@H](NC(=O)[C@H](Cc1ccc(OCc2ccccc2)cc1)NC(=O)OC(C)(C)C)C(=O)NCC(=O)NN. The van der Waals surface area contributed by atoms with Gasteiger partial charge in [-0.05, 0) is 51.0 Å². The number of hydrogen-bond acceptors (Lipinski definition) is 7. The minimum Gasteiger partial charge on any atom is -0.489 e. The quantitative estimate of drug-likeness (QED) is 0.172. The maximum Gasteiger partial charge on any atom is 0.408 e. The highest BCUT2D eigenvalue weighted by Crippen LogP contribution is 2.16. The molecule has 0 unspecified atom stereocenters. The molecule has 0 aromatic heterocycles. The highest BCUT2D eigenvalue weighted by Gasteiger charge is 2.27. The van der Waals surface area contributed by atoms with E-state index in [1.807, 2.05) is 35.8 Å². The lowest BCUT2D eigenvalue weighted by Crippen LogP contribution is -2.54. The maximum atomic E-state index is 13.0. The minimum atomic E-state index is -1.03. The van der Waals surface area contributed by atoms with Gasteiger partial charge in [0.05, 0.1) is 6.54 Å². The number of hydrazine groups is 1. The summed E-state index contributed by atoms with van der Waals surface area (Å²) in [4.78, 5) is 48.9. The highest BCUT2D eigenvalue weighted by molar-refractivity contribution is 5.92. The molecule has 11 nitrogen and oxygen atoms in total. The topological polar surface area (TPSA) is 161 Å². The van der Waals surface area contributed by atoms with Gasteiger partial charge in [0.1, 0.15) is 30.0 Å². The van der Waals surface area contributed by atoms with Crippen LogP contribution in [0.25, 0.3) is 0 Å². The van der Waals surface area contributed by atoms with E-state index in [1.165, 1.54) is 6.92 Å². The second-order valence-electron chi connectivity index (χ2n) is 9.34. The summed E-state index contributed by atoms with van der Waals surface area (Å²) < 4.78 is 11.1. The van der Waals surface area contributed by atoms with Crippen LogP contribution in [0.4, 0.5) is 4.79 Å². The number of carbonyl (C=O) groups is 4. The van der Waals surface area contributed by atoms with Crippen LogP contribution in [0.3, 0.4) is 0 Å². The largest absolute Gasteiger partial charge is 0.489 e. The summed E-state index contributed by atoms with van der Waals surface area (Å²) in [5.41, 5.74) is 2.91. The maximum absolute atomic E-state index is 13.0. The summed E-state index contributed by atoms with van der Waals surface area (Å²) in [5, 5.41) is 7.48. The molecular weight excluding hydrogens is 478 g/mol. The number of alkyl carbamates (subject to hydrolysis) is 1. The van der Waals surface area contributed by atoms with Crippen LogP contribution >= 0.6 is 0 Å². The Kier molecular flexibility index (Phi) is 10.9. The predicted molar refractivity (Wildman–Crippen MR) is 137 cm³/mol. The summed E-state index contributed by atoms with van der Waals surface area (Å²) in [6, 6.07) is 14.9. The van der Waals surface area contributed by atoms with Gasteiger partial charge in [-0.25, -0.2) is 10.6 Å². The molecule has 0 aliphatic heterocycles. The summed E-state index contributed by atoms with van der Waals surface area (Å²) >= 11 is 0. The molecule has 2 aromatic carbocycles. The zero-order chi connectivity index (χ0) is 27.4. The van der Waals surface area contributed by atoms with Gasteiger partial charge < -0.3 is 25.4 Å². The van der Waals surface area contributed by atoms with Crippen LogP contribution in [0.2, 0.25) is 0 Å². The zero-order valence-corrected chi connectivity index (χ0v) is 21.5. The molecule has 200 valence electrons. The number of hydrogen-bond donors (Lipinski definition) is 5. The smallest absolute Gasteiger partial charge is 0.408 e. The average molecular weight is 514 g/mol. The van der Waals surface area contributed by atoms with Gasteiger partial charge >= 0.3 is 6.09 Å². The molecule has 4 amide bonds. The first-order valence-electron chi connectivity index (χ1n) is 11.8. The van der Waals surface area contributed by atoms with E-state index in [1.54, 1.807) is 45.0 Å². The first kappa shape index (κ1) is 29.1. The van der Waals surface area contributed by atoms with Crippen molar-refractivity contribution in [3.8, 4) is 5.75 Å². The first-order valence-corrected chi connectivity index (χ1v) is 11.8. The fourth-order valence-corrected chi connectivity index (χ4v) is 3.11. The van der Waals surface area contributed by atoms with Crippen LogP contribution in [0.5, 0.6) is 5.75 Å². The third-order valence-corrected chi connectivity index (χ3v) is 4.96. The third-order valence-electron chi connectivity index (χ3n) is 4.96. The molecule has 6 N–H and O–H groups in total. The van der Waals surface area contributed by atoms with Crippen molar-refractivity contribution in [3.63, 3.8) is 0 Å². The molecule has 0 radical (unpaired) electrons. The highest BCUT2D eigenvalue weighted by atomic mass is 16.6. The van der Waals surface area contributed by atoms with Crippen LogP contribution < -0.4 is 32.0 Å². The Morgan fingerprint density at radius 3 is 2.14 bits per heavy atom. The molecule has 0 aliphatic rings. The fraction of sp³-hybridized carbons (Fsp3) is 0.385. The van der Waals surface area contributed by atoms with Crippen molar-refractivity contribution in [2.75, 3.05) is 6.54 Å². The summed E-state index contributed by atoms with van der Waals surface area (Å²) in [6.45, 7) is 6.66. The molecule has 0 saturated heterocycles. The standard InChI is InChI=1S/C26H35N5O6/c1-17(23(33)28-15-22(32)31-27)29-24(34)21(30-25(35)37-26(2,3)4)14-18-10-12-20(13-11-18)36-16-19-8-6-5-7-9-19/h5-13,17,21H,14-16,27H2,1-4H3,(H,28,33)(H,29,34)(H,30,35)(H,31,32)/t17-,21+/m1/s1. The fourth-order valence-electron chi connectivity index (χ4n) is 3.11. The van der Waals surface area contributed by atoms with Crippen molar-refractivity contribution >= 4 is 23.8 Å². The molecule has 2 rings (SSSR count). The lowest BCUT2D eigenvalue weighted by molar-refractivity contribution is -0.130. The van der Waals surface area contributed by atoms with E-state index in [9.17, 15) is 19.2 Å². The lowest BCUT2D eigenvalue weighted by Gasteiger charge is -2.24. The van der Waals surface area contributed by atoms with Gasteiger partial charge in [-0.15, -0.1) is 0 Å². The van der Waals surface area contributed by atoms with Gasteiger partial charge in [0.25, 0.3) is 5.91 Å². The molecule has 11 heteroatoms. The second kappa shape index (κ2) is 13.8. The van der Waals surface area contributed by atoms with E-state index in [0.29, 0.717) is 12.4 Å². The van der Waals surface area contributed by atoms with Gasteiger partial charge in [0, 0.05) is 6.42 Å². The molecule has 2 aromatic rings. The number of rotatable bonds is 11. The molecule has 0 aliphatic carbocycles. The molecule has 0 bridgehead atoms. The Morgan fingerprint density at radius 1 is 0.892 bits per heavy atom. The van der Waals surface area contributed by atoms with Crippen molar-refractivity contribution < 1.29 is 28.7 Å². The minimum absolute atomic E-state index is 0.133. The van der Waals surface area contributed by atoms with E-state index in [-0.39, 0.29) is 13.0 Å². The Bertz CT molecular complexity index is 1050. The summed E-state index contributed by atoms with van der Waals surface area (Å²) in [7, 11) is 0. The van der Waals surface area contributed by atoms with Crippen molar-refractivity contribution in [1.29, 1.82) is 0 Å². The molecule has 2 atom stereocenters. The third kappa shape index (κ3) is 11.0. The van der Waals surface area contributed by atoms with Gasteiger partial charge in [-0.2, -0.15) is 0 Å². The van der Waals surface area contributed by atoms with Crippen molar-refractivity contribution in [1.82, 2.24) is 21.4 Å². The van der Waals surface area contributed by atoms with E-state index in [2.05, 4.69) is 16.0 Å². The van der Waals surface area contributed by atoms with Crippen LogP contribution in [-0.2, 0) is 32.1 Å². The van der Waals surface area contributed by atoms with E-state index in [0.717, 1.165) is 11.1 Å². The number of amides is 4. The predicted octanol–water partition coefficient (Wildman–Crippen LogP) is 1.31. The first-order chi connectivity index (χ1) is 17.5. The van der Waals surface area contributed by atoms with Gasteiger partial charge in [-0.1, -0.05) is 42.5 Å². The number of nitrogens with two attached hydrogens (primary N) is 1. The molecule has 37 heavy (non-hydrogen) atoms. The zero-order valence-electron chi connectivity index (χ0n) is 21.5. The number of ether oxygens (including phenoxy) is 2. The van der Waals surface area contributed by atoms with Gasteiger partial charge in [0.15, 0.2) is 0 Å². The second-order valence-corrected chi connectivity index (χ2v) is 9.34. The van der Waals surface area contributed by atoms with Crippen LogP contribution in [0.1, 0.15) is 38.8 Å². The van der Waals surface area contributed by atoms with Crippen molar-refractivity contribution in [2.45, 2.75) is 58.4 Å². The molecule has 0 fully saturated rings. The van der Waals surface area contributed by atoms with Crippen molar-refractivity contribution in [3.05, 3.63) is 65.7 Å². The Morgan fingerprint density at radius 2 is 1.54 bits per heavy atom. The lowest BCUT2D eigenvalue weighted by atomic mass is 10.0. The molecule has 0 saturated carbocycles. The van der Waals surface area contributed by atoms with E-state index >= 15 is 0 Å². The normalized spacial score (nSPS) is 12.5. The summed E-state index contributed by atoms with van der Waals surface area (Å²) in [6.07, 6.45) is -0.638. The van der Waals surface area contributed by atoms with Gasteiger partial charge in [0.2, 0.25) is 11.8 Å². The Hall–Kier alpha value is -4.12.